The molecule has 2 N–H and O–H groups in total. The van der Waals surface area contributed by atoms with Crippen molar-refractivity contribution in [2.45, 2.75) is 13.0 Å². The molecule has 0 aliphatic heterocycles. The number of hydrogen-bond acceptors (Lipinski definition) is 3. The van der Waals surface area contributed by atoms with E-state index in [9.17, 15) is 4.79 Å². The summed E-state index contributed by atoms with van der Waals surface area (Å²) in [6.45, 7) is 1.90. The van der Waals surface area contributed by atoms with Gasteiger partial charge in [0.05, 0.1) is 0 Å². The van der Waals surface area contributed by atoms with Crippen molar-refractivity contribution >= 4 is 21.8 Å². The first-order chi connectivity index (χ1) is 7.91. The molecule has 94 valence electrons. The Morgan fingerprint density at radius 2 is 2.18 bits per heavy atom. The largest absolute Gasteiger partial charge is 0.483 e. The zero-order valence-electron chi connectivity index (χ0n) is 10.2. The van der Waals surface area contributed by atoms with Crippen LogP contribution in [0.25, 0.3) is 0 Å². The summed E-state index contributed by atoms with van der Waals surface area (Å²) in [5.74, 6) is 0.571. The van der Waals surface area contributed by atoms with Crippen LogP contribution in [0.4, 0.5) is 0 Å². The number of halogens is 1. The Balaban J connectivity index is 2.80. The molecule has 0 bridgehead atoms. The van der Waals surface area contributed by atoms with E-state index in [0.29, 0.717) is 5.75 Å². The van der Waals surface area contributed by atoms with E-state index in [0.717, 1.165) is 10.0 Å². The number of rotatable bonds is 4. The molecule has 5 heteroatoms. The van der Waals surface area contributed by atoms with Gasteiger partial charge in [0.2, 0.25) is 0 Å². The van der Waals surface area contributed by atoms with Gasteiger partial charge in [-0.2, -0.15) is 0 Å². The predicted octanol–water partition coefficient (Wildman–Crippen LogP) is 1.94. The van der Waals surface area contributed by atoms with E-state index >= 15 is 0 Å². The highest BCUT2D eigenvalue weighted by molar-refractivity contribution is 9.10. The second kappa shape index (κ2) is 6.02. The second-order valence-corrected chi connectivity index (χ2v) is 4.96. The number of nitrogens with zero attached hydrogens (tertiary/aromatic N) is 1. The van der Waals surface area contributed by atoms with Crippen molar-refractivity contribution in [2.75, 3.05) is 20.7 Å². The zero-order chi connectivity index (χ0) is 13.0. The first-order valence-electron chi connectivity index (χ1n) is 5.29. The summed E-state index contributed by atoms with van der Waals surface area (Å²) in [7, 11) is 3.39. The number of hydrogen-bond donors (Lipinski definition) is 1. The third-order valence-electron chi connectivity index (χ3n) is 2.31. The highest BCUT2D eigenvalue weighted by Crippen LogP contribution is 2.27. The molecule has 1 aromatic rings. The molecule has 0 aromatic heterocycles. The summed E-state index contributed by atoms with van der Waals surface area (Å²) in [5.41, 5.74) is 6.73. The number of benzene rings is 1. The fraction of sp³-hybridized carbons (Fsp3) is 0.417. The maximum Gasteiger partial charge on any atom is 0.259 e. The van der Waals surface area contributed by atoms with Crippen molar-refractivity contribution < 1.29 is 9.53 Å². The quantitative estimate of drug-likeness (QED) is 0.924. The fourth-order valence-corrected chi connectivity index (χ4v) is 1.65. The van der Waals surface area contributed by atoms with Gasteiger partial charge in [0.1, 0.15) is 5.75 Å². The molecule has 4 nitrogen and oxygen atoms in total. The maximum atomic E-state index is 11.4. The smallest absolute Gasteiger partial charge is 0.259 e. The molecule has 0 spiro atoms. The molecule has 0 heterocycles. The summed E-state index contributed by atoms with van der Waals surface area (Å²) in [5, 5.41) is 0. The van der Waals surface area contributed by atoms with Gasteiger partial charge in [0.25, 0.3) is 5.91 Å². The molecule has 0 radical (unpaired) electrons. The first-order valence-corrected chi connectivity index (χ1v) is 6.09. The Morgan fingerprint density at radius 3 is 2.71 bits per heavy atom. The third-order valence-corrected chi connectivity index (χ3v) is 2.81. The van der Waals surface area contributed by atoms with Gasteiger partial charge in [-0.3, -0.25) is 4.79 Å². The van der Waals surface area contributed by atoms with Crippen LogP contribution in [0.3, 0.4) is 0 Å². The SMILES string of the molecule is C[C@@H](N)c1cc(Br)ccc1OCC(=O)N(C)C. The average Bonchev–Trinajstić information content (AvgIpc) is 2.26. The molecule has 0 aliphatic carbocycles. The minimum Gasteiger partial charge on any atom is -0.483 e. The molecule has 17 heavy (non-hydrogen) atoms. The zero-order valence-corrected chi connectivity index (χ0v) is 11.8. The van der Waals surface area contributed by atoms with Crippen LogP contribution in [0.5, 0.6) is 5.75 Å². The first kappa shape index (κ1) is 14.0. The predicted molar refractivity (Wildman–Crippen MR) is 70.9 cm³/mol. The van der Waals surface area contributed by atoms with Crippen molar-refractivity contribution in [3.8, 4) is 5.75 Å². The second-order valence-electron chi connectivity index (χ2n) is 4.05. The summed E-state index contributed by atoms with van der Waals surface area (Å²) in [6, 6.07) is 5.43. The Bertz CT molecular complexity index is 405. The highest BCUT2D eigenvalue weighted by Gasteiger charge is 2.11. The lowest BCUT2D eigenvalue weighted by atomic mass is 10.1. The van der Waals surface area contributed by atoms with Crippen LogP contribution in [0.1, 0.15) is 18.5 Å². The lowest BCUT2D eigenvalue weighted by molar-refractivity contribution is -0.130. The molecule has 0 unspecified atom stereocenters. The topological polar surface area (TPSA) is 55.6 Å². The number of ether oxygens (including phenoxy) is 1. The van der Waals surface area contributed by atoms with E-state index in [1.807, 2.05) is 25.1 Å². The highest BCUT2D eigenvalue weighted by atomic mass is 79.9. The Morgan fingerprint density at radius 1 is 1.53 bits per heavy atom. The van der Waals surface area contributed by atoms with E-state index in [1.54, 1.807) is 14.1 Å². The molecule has 0 saturated heterocycles. The lowest BCUT2D eigenvalue weighted by Gasteiger charge is -2.16. The van der Waals surface area contributed by atoms with Crippen molar-refractivity contribution in [1.29, 1.82) is 0 Å². The molecule has 1 atom stereocenters. The van der Waals surface area contributed by atoms with Crippen molar-refractivity contribution in [2.24, 2.45) is 5.73 Å². The van der Waals surface area contributed by atoms with Crippen LogP contribution in [0.2, 0.25) is 0 Å². The summed E-state index contributed by atoms with van der Waals surface area (Å²) in [4.78, 5) is 12.9. The summed E-state index contributed by atoms with van der Waals surface area (Å²) >= 11 is 3.38. The maximum absolute atomic E-state index is 11.4. The van der Waals surface area contributed by atoms with Crippen LogP contribution in [0, 0.1) is 0 Å². The minimum atomic E-state index is -0.142. The molecule has 1 rings (SSSR count). The molecule has 0 saturated carbocycles. The van der Waals surface area contributed by atoms with E-state index in [2.05, 4.69) is 15.9 Å². The van der Waals surface area contributed by atoms with E-state index in [1.165, 1.54) is 4.90 Å². The number of carbonyl (C=O) groups is 1. The molecular formula is C12H17BrN2O2. The Kier molecular flexibility index (Phi) is 4.96. The standard InChI is InChI=1S/C12H17BrN2O2/c1-8(14)10-6-9(13)4-5-11(10)17-7-12(16)15(2)3/h4-6,8H,7,14H2,1-3H3/t8-/m1/s1. The van der Waals surface area contributed by atoms with Crippen LogP contribution in [0.15, 0.2) is 22.7 Å². The molecule has 1 aromatic carbocycles. The van der Waals surface area contributed by atoms with Crippen LogP contribution >= 0.6 is 15.9 Å². The van der Waals surface area contributed by atoms with Crippen LogP contribution in [-0.4, -0.2) is 31.5 Å². The third kappa shape index (κ3) is 4.02. The van der Waals surface area contributed by atoms with Crippen LogP contribution in [-0.2, 0) is 4.79 Å². The van der Waals surface area contributed by atoms with Crippen molar-refractivity contribution in [1.82, 2.24) is 4.90 Å². The van der Waals surface area contributed by atoms with Gasteiger partial charge in [-0.1, -0.05) is 15.9 Å². The summed E-state index contributed by atoms with van der Waals surface area (Å²) in [6.07, 6.45) is 0. The van der Waals surface area contributed by atoms with Gasteiger partial charge < -0.3 is 15.4 Å². The number of nitrogens with two attached hydrogens (primary N) is 1. The van der Waals surface area contributed by atoms with Crippen molar-refractivity contribution in [3.63, 3.8) is 0 Å². The number of amides is 1. The van der Waals surface area contributed by atoms with Gasteiger partial charge in [-0.15, -0.1) is 0 Å². The average molecular weight is 301 g/mol. The lowest BCUT2D eigenvalue weighted by Crippen LogP contribution is -2.27. The van der Waals surface area contributed by atoms with Crippen LogP contribution < -0.4 is 10.5 Å². The molecule has 0 fully saturated rings. The normalized spacial score (nSPS) is 12.1. The molecule has 1 amide bonds. The molecule has 0 aliphatic rings. The minimum absolute atomic E-state index is 0.0222. The van der Waals surface area contributed by atoms with E-state index < -0.39 is 0 Å². The van der Waals surface area contributed by atoms with Crippen molar-refractivity contribution in [3.05, 3.63) is 28.2 Å². The van der Waals surface area contributed by atoms with Gasteiger partial charge in [0, 0.05) is 30.2 Å². The monoisotopic (exact) mass is 300 g/mol. The fourth-order valence-electron chi connectivity index (χ4n) is 1.28. The Hall–Kier alpha value is -1.07. The summed E-state index contributed by atoms with van der Waals surface area (Å²) < 4.78 is 6.43. The Labute approximate surface area is 110 Å². The van der Waals surface area contributed by atoms with E-state index in [4.69, 9.17) is 10.5 Å². The number of likely N-dealkylation sites (N-methyl/N-ethyl adjacent to an activating group) is 1. The van der Waals surface area contributed by atoms with Gasteiger partial charge in [0.15, 0.2) is 6.61 Å². The molecular weight excluding hydrogens is 284 g/mol. The number of carbonyl (C=O) groups excluding carboxylic acids is 1. The van der Waals surface area contributed by atoms with E-state index in [-0.39, 0.29) is 18.6 Å². The van der Waals surface area contributed by atoms with Gasteiger partial charge >= 0.3 is 0 Å². The van der Waals surface area contributed by atoms with Gasteiger partial charge in [-0.05, 0) is 25.1 Å². The van der Waals surface area contributed by atoms with Gasteiger partial charge in [-0.25, -0.2) is 0 Å².